The summed E-state index contributed by atoms with van der Waals surface area (Å²) in [5.74, 6) is 2.55. The third kappa shape index (κ3) is 5.04. The molecule has 190 valence electrons. The first-order chi connectivity index (χ1) is 18.7. The first-order valence-electron chi connectivity index (χ1n) is 12.7. The number of pyridine rings is 2. The molecule has 1 aliphatic rings. The molecule has 0 saturated carbocycles. The van der Waals surface area contributed by atoms with Crippen molar-refractivity contribution in [2.24, 2.45) is 0 Å². The fraction of sp³-hybridized carbons (Fsp3) is 0.207. The Kier molecular flexibility index (Phi) is 6.63. The highest BCUT2D eigenvalue weighted by atomic mass is 16.1. The maximum Gasteiger partial charge on any atom is 0.224 e. The van der Waals surface area contributed by atoms with Gasteiger partial charge in [-0.1, -0.05) is 30.3 Å². The zero-order chi connectivity index (χ0) is 25.7. The van der Waals surface area contributed by atoms with Gasteiger partial charge in [0.25, 0.3) is 0 Å². The van der Waals surface area contributed by atoms with Crippen LogP contribution < -0.4 is 15.1 Å². The number of amides is 1. The Morgan fingerprint density at radius 2 is 1.55 bits per heavy atom. The molecule has 1 aromatic carbocycles. The van der Waals surface area contributed by atoms with Crippen molar-refractivity contribution in [3.8, 4) is 5.82 Å². The van der Waals surface area contributed by atoms with Gasteiger partial charge in [-0.15, -0.1) is 10.2 Å². The minimum atomic E-state index is -0.0389. The monoisotopic (exact) mass is 504 g/mol. The van der Waals surface area contributed by atoms with Gasteiger partial charge in [0.2, 0.25) is 5.91 Å². The fourth-order valence-corrected chi connectivity index (χ4v) is 4.84. The van der Waals surface area contributed by atoms with Crippen LogP contribution in [0.3, 0.4) is 0 Å². The van der Waals surface area contributed by atoms with Gasteiger partial charge in [-0.2, -0.15) is 0 Å². The number of hydrogen-bond acceptors (Lipinski definition) is 7. The standard InChI is InChI=1S/C29H28N8O/c38-29(32-20-22-6-5-12-30-19-22)18-23-21-37(25-8-2-1-7-24(23)25)28-11-10-27(33-34-28)36-16-14-35(15-17-36)26-9-3-4-13-31-26/h1-13,19,21H,14-18,20H2,(H,32,38). The average molecular weight is 505 g/mol. The van der Waals surface area contributed by atoms with E-state index in [4.69, 9.17) is 0 Å². The molecule has 1 N–H and O–H groups in total. The number of piperazine rings is 1. The van der Waals surface area contributed by atoms with E-state index in [1.54, 1.807) is 12.4 Å². The lowest BCUT2D eigenvalue weighted by Crippen LogP contribution is -2.47. The number of carbonyl (C=O) groups is 1. The first-order valence-corrected chi connectivity index (χ1v) is 12.7. The topological polar surface area (TPSA) is 92.1 Å². The van der Waals surface area contributed by atoms with Crippen molar-refractivity contribution in [2.45, 2.75) is 13.0 Å². The molecule has 9 nitrogen and oxygen atoms in total. The van der Waals surface area contributed by atoms with Gasteiger partial charge in [0.05, 0.1) is 11.9 Å². The second-order valence-corrected chi connectivity index (χ2v) is 9.27. The third-order valence-electron chi connectivity index (χ3n) is 6.82. The predicted molar refractivity (Wildman–Crippen MR) is 147 cm³/mol. The van der Waals surface area contributed by atoms with Gasteiger partial charge in [0.15, 0.2) is 11.6 Å². The lowest BCUT2D eigenvalue weighted by atomic mass is 10.1. The van der Waals surface area contributed by atoms with Crippen LogP contribution in [0.2, 0.25) is 0 Å². The molecular formula is C29H28N8O. The number of hydrogen-bond donors (Lipinski definition) is 1. The summed E-state index contributed by atoms with van der Waals surface area (Å²) in [6, 6.07) is 21.9. The van der Waals surface area contributed by atoms with Crippen molar-refractivity contribution in [1.82, 2.24) is 30.0 Å². The summed E-state index contributed by atoms with van der Waals surface area (Å²) in [5.41, 5.74) is 2.91. The molecule has 0 radical (unpaired) electrons. The maximum absolute atomic E-state index is 12.7. The SMILES string of the molecule is O=C(Cc1cn(-c2ccc(N3CCN(c4ccccn4)CC3)nn2)c2ccccc12)NCc1cccnc1. The van der Waals surface area contributed by atoms with Crippen LogP contribution in [0.1, 0.15) is 11.1 Å². The Morgan fingerprint density at radius 1 is 0.789 bits per heavy atom. The van der Waals surface area contributed by atoms with Crippen molar-refractivity contribution in [1.29, 1.82) is 0 Å². The van der Waals surface area contributed by atoms with Crippen LogP contribution in [0.15, 0.2) is 91.5 Å². The van der Waals surface area contributed by atoms with Crippen LogP contribution in [-0.4, -0.2) is 56.8 Å². The minimum absolute atomic E-state index is 0.0389. The van der Waals surface area contributed by atoms with Crippen LogP contribution in [0.5, 0.6) is 0 Å². The summed E-state index contributed by atoms with van der Waals surface area (Å²) < 4.78 is 2.01. The number of fused-ring (bicyclic) bond motifs is 1. The Balaban J connectivity index is 1.15. The maximum atomic E-state index is 12.7. The van der Waals surface area contributed by atoms with Crippen LogP contribution in [0.4, 0.5) is 11.6 Å². The van der Waals surface area contributed by atoms with Gasteiger partial charge in [-0.05, 0) is 47.5 Å². The highest BCUT2D eigenvalue weighted by molar-refractivity contribution is 5.90. The summed E-state index contributed by atoms with van der Waals surface area (Å²) in [6.45, 7) is 3.93. The van der Waals surface area contributed by atoms with Crippen LogP contribution in [-0.2, 0) is 17.8 Å². The summed E-state index contributed by atoms with van der Waals surface area (Å²) in [4.78, 5) is 25.8. The Hall–Kier alpha value is -4.79. The summed E-state index contributed by atoms with van der Waals surface area (Å²) in [6.07, 6.45) is 7.58. The normalized spacial score (nSPS) is 13.6. The number of benzene rings is 1. The Labute approximate surface area is 220 Å². The number of nitrogens with zero attached hydrogens (tertiary/aromatic N) is 7. The van der Waals surface area contributed by atoms with Crippen LogP contribution in [0, 0.1) is 0 Å². The smallest absolute Gasteiger partial charge is 0.224 e. The van der Waals surface area contributed by atoms with E-state index in [0.717, 1.165) is 65.7 Å². The van der Waals surface area contributed by atoms with Crippen molar-refractivity contribution in [3.05, 3.63) is 103 Å². The predicted octanol–water partition coefficient (Wildman–Crippen LogP) is 3.40. The number of nitrogens with one attached hydrogen (secondary N) is 1. The highest BCUT2D eigenvalue weighted by Crippen LogP contribution is 2.25. The average Bonchev–Trinajstić information content (AvgIpc) is 3.35. The van der Waals surface area contributed by atoms with Gasteiger partial charge in [-0.3, -0.25) is 14.3 Å². The van der Waals surface area contributed by atoms with E-state index in [1.165, 1.54) is 0 Å². The van der Waals surface area contributed by atoms with E-state index in [9.17, 15) is 4.79 Å². The van der Waals surface area contributed by atoms with Gasteiger partial charge >= 0.3 is 0 Å². The Morgan fingerprint density at radius 3 is 2.29 bits per heavy atom. The number of anilines is 2. The fourth-order valence-electron chi connectivity index (χ4n) is 4.84. The number of rotatable bonds is 7. The van der Waals surface area contributed by atoms with E-state index < -0.39 is 0 Å². The van der Waals surface area contributed by atoms with E-state index in [2.05, 4.69) is 35.3 Å². The van der Waals surface area contributed by atoms with Gasteiger partial charge in [0, 0.05) is 62.9 Å². The molecule has 0 atom stereocenters. The second kappa shape index (κ2) is 10.7. The lowest BCUT2D eigenvalue weighted by Gasteiger charge is -2.35. The van der Waals surface area contributed by atoms with E-state index in [1.807, 2.05) is 83.7 Å². The largest absolute Gasteiger partial charge is 0.353 e. The number of para-hydroxylation sites is 1. The molecule has 0 unspecified atom stereocenters. The molecule has 1 amide bonds. The molecular weight excluding hydrogens is 476 g/mol. The van der Waals surface area contributed by atoms with Gasteiger partial charge in [0.1, 0.15) is 5.82 Å². The second-order valence-electron chi connectivity index (χ2n) is 9.27. The first kappa shape index (κ1) is 23.6. The molecule has 38 heavy (non-hydrogen) atoms. The van der Waals surface area contributed by atoms with E-state index in [0.29, 0.717) is 6.54 Å². The van der Waals surface area contributed by atoms with Gasteiger partial charge < -0.3 is 15.1 Å². The molecule has 6 rings (SSSR count). The molecule has 4 aromatic heterocycles. The molecule has 0 spiro atoms. The lowest BCUT2D eigenvalue weighted by molar-refractivity contribution is -0.120. The number of carbonyl (C=O) groups excluding carboxylic acids is 1. The van der Waals surface area contributed by atoms with Crippen LogP contribution >= 0.6 is 0 Å². The van der Waals surface area contributed by atoms with Crippen molar-refractivity contribution < 1.29 is 4.79 Å². The van der Waals surface area contributed by atoms with E-state index >= 15 is 0 Å². The van der Waals surface area contributed by atoms with Crippen molar-refractivity contribution >= 4 is 28.4 Å². The molecule has 5 heterocycles. The third-order valence-corrected chi connectivity index (χ3v) is 6.82. The zero-order valence-electron chi connectivity index (χ0n) is 20.9. The molecule has 5 aromatic rings. The summed E-state index contributed by atoms with van der Waals surface area (Å²) in [7, 11) is 0. The highest BCUT2D eigenvalue weighted by Gasteiger charge is 2.20. The molecule has 0 bridgehead atoms. The van der Waals surface area contributed by atoms with Crippen molar-refractivity contribution in [2.75, 3.05) is 36.0 Å². The number of aromatic nitrogens is 5. The van der Waals surface area contributed by atoms with E-state index in [-0.39, 0.29) is 12.3 Å². The molecule has 1 fully saturated rings. The quantitative estimate of drug-likeness (QED) is 0.363. The molecule has 9 heteroatoms. The summed E-state index contributed by atoms with van der Waals surface area (Å²) in [5, 5.41) is 13.1. The summed E-state index contributed by atoms with van der Waals surface area (Å²) >= 11 is 0. The van der Waals surface area contributed by atoms with Crippen LogP contribution in [0.25, 0.3) is 16.7 Å². The van der Waals surface area contributed by atoms with Gasteiger partial charge in [-0.25, -0.2) is 4.98 Å². The minimum Gasteiger partial charge on any atom is -0.353 e. The molecule has 1 saturated heterocycles. The molecule has 0 aliphatic carbocycles. The zero-order valence-corrected chi connectivity index (χ0v) is 20.9. The van der Waals surface area contributed by atoms with Crippen molar-refractivity contribution in [3.63, 3.8) is 0 Å². The Bertz CT molecular complexity index is 1510. The molecule has 1 aliphatic heterocycles.